The first-order valence-electron chi connectivity index (χ1n) is 11.8. The van der Waals surface area contributed by atoms with Crippen molar-refractivity contribution in [2.75, 3.05) is 19.6 Å². The summed E-state index contributed by atoms with van der Waals surface area (Å²) in [4.78, 5) is 33.0. The van der Waals surface area contributed by atoms with Crippen LogP contribution in [0.1, 0.15) is 53.1 Å². The van der Waals surface area contributed by atoms with Crippen molar-refractivity contribution in [2.45, 2.75) is 69.6 Å². The number of aliphatic carboxylic acids is 1. The van der Waals surface area contributed by atoms with Gasteiger partial charge in [-0.05, 0) is 51.5 Å². The van der Waals surface area contributed by atoms with E-state index in [4.69, 9.17) is 9.90 Å². The average molecular weight is 510 g/mol. The van der Waals surface area contributed by atoms with Crippen molar-refractivity contribution in [1.29, 1.82) is 0 Å². The summed E-state index contributed by atoms with van der Waals surface area (Å²) in [5.74, 6) is -2.39. The van der Waals surface area contributed by atoms with Gasteiger partial charge in [-0.3, -0.25) is 9.69 Å². The number of benzene rings is 1. The van der Waals surface area contributed by atoms with Crippen LogP contribution in [0.4, 0.5) is 13.2 Å². The van der Waals surface area contributed by atoms with Gasteiger partial charge in [0, 0.05) is 42.8 Å². The van der Waals surface area contributed by atoms with Crippen molar-refractivity contribution in [3.05, 3.63) is 51.5 Å². The number of piperidine rings is 1. The first-order valence-corrected chi connectivity index (χ1v) is 12.6. The second-order valence-electron chi connectivity index (χ2n) is 9.82. The van der Waals surface area contributed by atoms with Gasteiger partial charge in [-0.15, -0.1) is 11.3 Å². The smallest absolute Gasteiger partial charge is 0.475 e. The number of carboxylic acid groups (broad SMARTS) is 1. The Morgan fingerprint density at radius 2 is 1.74 bits per heavy atom. The summed E-state index contributed by atoms with van der Waals surface area (Å²) in [6.45, 7) is 8.12. The first-order chi connectivity index (χ1) is 16.4. The largest absolute Gasteiger partial charge is 0.490 e. The van der Waals surface area contributed by atoms with Gasteiger partial charge in [0.2, 0.25) is 5.91 Å². The zero-order chi connectivity index (χ0) is 25.4. The van der Waals surface area contributed by atoms with Gasteiger partial charge >= 0.3 is 12.1 Å². The molecule has 1 aromatic carbocycles. The Morgan fingerprint density at radius 3 is 2.23 bits per heavy atom. The maximum absolute atomic E-state index is 13.6. The fraction of sp³-hybridized carbons (Fsp3) is 0.560. The van der Waals surface area contributed by atoms with E-state index in [1.807, 2.05) is 6.20 Å². The molecule has 5 rings (SSSR count). The third-order valence-corrected chi connectivity index (χ3v) is 8.28. The first kappa shape index (κ1) is 25.6. The van der Waals surface area contributed by atoms with Crippen molar-refractivity contribution >= 4 is 23.2 Å². The predicted octanol–water partition coefficient (Wildman–Crippen LogP) is 4.69. The third-order valence-electron chi connectivity index (χ3n) is 7.38. The van der Waals surface area contributed by atoms with Crippen molar-refractivity contribution in [3.63, 3.8) is 0 Å². The van der Waals surface area contributed by atoms with Crippen LogP contribution in [0.5, 0.6) is 0 Å². The van der Waals surface area contributed by atoms with Crippen LogP contribution in [0.15, 0.2) is 30.5 Å². The summed E-state index contributed by atoms with van der Waals surface area (Å²) in [5.41, 5.74) is 2.42. The second kappa shape index (κ2) is 9.54. The molecule has 3 fully saturated rings. The van der Waals surface area contributed by atoms with E-state index < -0.39 is 12.1 Å². The Hall–Kier alpha value is -2.46. The number of aryl methyl sites for hydroxylation is 2. The molecule has 1 atom stereocenters. The highest BCUT2D eigenvalue weighted by molar-refractivity contribution is 7.11. The van der Waals surface area contributed by atoms with Gasteiger partial charge in [0.1, 0.15) is 0 Å². The van der Waals surface area contributed by atoms with Crippen molar-refractivity contribution in [3.8, 4) is 0 Å². The van der Waals surface area contributed by atoms with Gasteiger partial charge in [0.25, 0.3) is 0 Å². The fourth-order valence-electron chi connectivity index (χ4n) is 5.17. The minimum Gasteiger partial charge on any atom is -0.475 e. The molecule has 1 spiro atoms. The molecule has 2 aromatic rings. The van der Waals surface area contributed by atoms with Crippen LogP contribution >= 0.6 is 11.3 Å². The van der Waals surface area contributed by atoms with Crippen molar-refractivity contribution in [2.24, 2.45) is 0 Å². The van der Waals surface area contributed by atoms with Gasteiger partial charge in [-0.25, -0.2) is 9.78 Å². The highest BCUT2D eigenvalue weighted by Crippen LogP contribution is 2.51. The number of rotatable bonds is 4. The number of thiazole rings is 1. The predicted molar refractivity (Wildman–Crippen MR) is 126 cm³/mol. The number of carboxylic acids is 1. The molecule has 3 aliphatic rings. The molecule has 1 amide bonds. The molecule has 1 N–H and O–H groups in total. The number of halogens is 3. The van der Waals surface area contributed by atoms with E-state index in [9.17, 15) is 18.0 Å². The molecule has 1 aromatic heterocycles. The number of hydrogen-bond acceptors (Lipinski definition) is 5. The molecule has 0 bridgehead atoms. The second-order valence-corrected chi connectivity index (χ2v) is 11.1. The van der Waals surface area contributed by atoms with Crippen LogP contribution in [0, 0.1) is 13.8 Å². The molecular weight excluding hydrogens is 479 g/mol. The van der Waals surface area contributed by atoms with E-state index in [0.717, 1.165) is 50.4 Å². The summed E-state index contributed by atoms with van der Waals surface area (Å²) >= 11 is 1.80. The summed E-state index contributed by atoms with van der Waals surface area (Å²) in [7, 11) is 0. The Morgan fingerprint density at radius 1 is 1.09 bits per heavy atom. The van der Waals surface area contributed by atoms with Gasteiger partial charge < -0.3 is 10.0 Å². The number of alkyl halides is 3. The van der Waals surface area contributed by atoms with E-state index in [-0.39, 0.29) is 11.0 Å². The zero-order valence-electron chi connectivity index (χ0n) is 19.9. The van der Waals surface area contributed by atoms with E-state index in [1.54, 1.807) is 11.3 Å². The molecular formula is C25H30F3N3O3S. The maximum atomic E-state index is 13.6. The maximum Gasteiger partial charge on any atom is 0.490 e. The Bertz CT molecular complexity index is 1080. The van der Waals surface area contributed by atoms with Crippen molar-refractivity contribution < 1.29 is 27.9 Å². The lowest BCUT2D eigenvalue weighted by Gasteiger charge is -2.57. The third kappa shape index (κ3) is 5.38. The number of carbonyl (C=O) groups is 2. The highest BCUT2D eigenvalue weighted by Gasteiger charge is 2.56. The SMILES string of the molecule is Cc1ccc(C2(C(=O)N3CCCC4(CCN4Cc4cnc(C)s4)C3)CC2)cc1.O=C(O)C(F)(F)F. The molecule has 3 heterocycles. The number of hydrogen-bond donors (Lipinski definition) is 1. The molecule has 1 aliphatic carbocycles. The summed E-state index contributed by atoms with van der Waals surface area (Å²) in [5, 5.41) is 8.26. The van der Waals surface area contributed by atoms with E-state index in [1.165, 1.54) is 28.8 Å². The Balaban J connectivity index is 0.000000364. The normalized spacial score (nSPS) is 23.3. The van der Waals surface area contributed by atoms with E-state index in [2.05, 4.69) is 52.9 Å². The number of aromatic nitrogens is 1. The lowest BCUT2D eigenvalue weighted by molar-refractivity contribution is -0.192. The molecule has 10 heteroatoms. The van der Waals surface area contributed by atoms with Crippen molar-refractivity contribution in [1.82, 2.24) is 14.8 Å². The standard InChI is InChI=1S/C23H29N3OS.C2HF3O2/c1-17-4-6-19(7-5-17)23(9-10-23)21(27)25-12-3-8-22(16-25)11-13-26(22)15-20-14-24-18(2)28-20;3-2(4,5)1(6)7/h4-7,14H,3,8-13,15-16H2,1-2H3;(H,6,7). The lowest BCUT2D eigenvalue weighted by atomic mass is 9.77. The molecule has 0 radical (unpaired) electrons. The molecule has 35 heavy (non-hydrogen) atoms. The van der Waals surface area contributed by atoms with Crippen LogP contribution in [0.3, 0.4) is 0 Å². The summed E-state index contributed by atoms with van der Waals surface area (Å²) in [6, 6.07) is 8.62. The van der Waals surface area contributed by atoms with E-state index in [0.29, 0.717) is 5.91 Å². The van der Waals surface area contributed by atoms with Crippen LogP contribution in [-0.2, 0) is 21.5 Å². The topological polar surface area (TPSA) is 73.7 Å². The minimum atomic E-state index is -5.08. The van der Waals surface area contributed by atoms with Crippen LogP contribution < -0.4 is 0 Å². The quantitative estimate of drug-likeness (QED) is 0.647. The molecule has 1 saturated carbocycles. The highest BCUT2D eigenvalue weighted by atomic mass is 32.1. The van der Waals surface area contributed by atoms with Crippen LogP contribution in [0.2, 0.25) is 0 Å². The Labute approximate surface area is 206 Å². The van der Waals surface area contributed by atoms with Gasteiger partial charge in [0.15, 0.2) is 0 Å². The number of nitrogens with zero attached hydrogens (tertiary/aromatic N) is 3. The molecule has 190 valence electrons. The molecule has 6 nitrogen and oxygen atoms in total. The minimum absolute atomic E-state index is 0.190. The van der Waals surface area contributed by atoms with Gasteiger partial charge in [-0.1, -0.05) is 29.8 Å². The Kier molecular flexibility index (Phi) is 6.98. The van der Waals surface area contributed by atoms with Gasteiger partial charge in [-0.2, -0.15) is 13.2 Å². The molecule has 1 unspecified atom stereocenters. The monoisotopic (exact) mass is 509 g/mol. The zero-order valence-corrected chi connectivity index (χ0v) is 20.7. The van der Waals surface area contributed by atoms with Crippen LogP contribution in [0.25, 0.3) is 0 Å². The summed E-state index contributed by atoms with van der Waals surface area (Å²) < 4.78 is 31.7. The van der Waals surface area contributed by atoms with Crippen LogP contribution in [-0.4, -0.2) is 63.1 Å². The number of amides is 1. The number of carbonyl (C=O) groups excluding carboxylic acids is 1. The lowest BCUT2D eigenvalue weighted by Crippen LogP contribution is -2.67. The summed E-state index contributed by atoms with van der Waals surface area (Å²) in [6.07, 6.45) is 2.49. The fourth-order valence-corrected chi connectivity index (χ4v) is 5.98. The average Bonchev–Trinajstić information content (AvgIpc) is 3.52. The number of likely N-dealkylation sites (tertiary alicyclic amines) is 2. The molecule has 2 saturated heterocycles. The van der Waals surface area contributed by atoms with E-state index >= 15 is 0 Å². The van der Waals surface area contributed by atoms with Gasteiger partial charge in [0.05, 0.1) is 10.4 Å². The molecule has 2 aliphatic heterocycles.